The molecule has 0 unspecified atom stereocenters. The number of carbonyl (C=O) groups is 1. The molecule has 1 N–H and O–H groups in total. The van der Waals surface area contributed by atoms with Crippen molar-refractivity contribution in [3.8, 4) is 0 Å². The van der Waals surface area contributed by atoms with Crippen molar-refractivity contribution in [3.63, 3.8) is 0 Å². The van der Waals surface area contributed by atoms with Crippen molar-refractivity contribution < 1.29 is 13.2 Å². The first-order chi connectivity index (χ1) is 12.7. The molecule has 7 heteroatoms. The van der Waals surface area contributed by atoms with E-state index in [0.29, 0.717) is 5.92 Å². The first kappa shape index (κ1) is 20.8. The molecule has 0 aliphatic carbocycles. The average Bonchev–Trinajstić information content (AvgIpc) is 2.62. The fourth-order valence-corrected chi connectivity index (χ4v) is 3.49. The molecule has 2 rings (SSSR count). The third-order valence-corrected chi connectivity index (χ3v) is 5.92. The van der Waals surface area contributed by atoms with Crippen molar-refractivity contribution in [1.29, 1.82) is 0 Å². The van der Waals surface area contributed by atoms with Gasteiger partial charge >= 0.3 is 0 Å². The molecule has 0 saturated heterocycles. The van der Waals surface area contributed by atoms with Crippen LogP contribution in [0, 0.1) is 6.92 Å². The molecule has 2 aromatic carbocycles. The van der Waals surface area contributed by atoms with E-state index in [1.807, 2.05) is 31.2 Å². The number of benzene rings is 2. The van der Waals surface area contributed by atoms with Gasteiger partial charge in [0.25, 0.3) is 5.91 Å². The van der Waals surface area contributed by atoms with Gasteiger partial charge in [-0.1, -0.05) is 55.8 Å². The lowest BCUT2D eigenvalue weighted by Crippen LogP contribution is -2.36. The van der Waals surface area contributed by atoms with Crippen molar-refractivity contribution in [3.05, 3.63) is 65.2 Å². The van der Waals surface area contributed by atoms with Gasteiger partial charge in [-0.05, 0) is 36.1 Å². The number of hydrogen-bond donors (Lipinski definition) is 1. The van der Waals surface area contributed by atoms with Crippen LogP contribution in [0.15, 0.2) is 58.5 Å². The minimum Gasteiger partial charge on any atom is -0.272 e. The second-order valence-electron chi connectivity index (χ2n) is 6.69. The summed E-state index contributed by atoms with van der Waals surface area (Å²) in [6.45, 7) is 5.79. The summed E-state index contributed by atoms with van der Waals surface area (Å²) in [4.78, 5) is 12.1. The highest BCUT2D eigenvalue weighted by Crippen LogP contribution is 2.15. The van der Waals surface area contributed by atoms with E-state index in [9.17, 15) is 13.2 Å². The van der Waals surface area contributed by atoms with Crippen LogP contribution in [-0.2, 0) is 14.8 Å². The van der Waals surface area contributed by atoms with Gasteiger partial charge in [0.2, 0.25) is 10.0 Å². The normalized spacial score (nSPS) is 12.1. The maximum Gasteiger partial charge on any atom is 0.255 e. The van der Waals surface area contributed by atoms with Crippen LogP contribution in [0.5, 0.6) is 0 Å². The maximum atomic E-state index is 12.5. The standard InChI is InChI=1S/C20H25N3O3S/c1-15(2)18-9-7-17(8-10-18)13-21-22-20(24)14-23(4)27(25,26)19-11-5-16(3)6-12-19/h5-13,15H,14H2,1-4H3,(H,22,24). The zero-order chi connectivity index (χ0) is 20.0. The molecule has 0 spiro atoms. The van der Waals surface area contributed by atoms with E-state index in [1.54, 1.807) is 12.1 Å². The Hall–Kier alpha value is -2.51. The summed E-state index contributed by atoms with van der Waals surface area (Å²) in [6, 6.07) is 14.3. The Kier molecular flexibility index (Phi) is 6.87. The van der Waals surface area contributed by atoms with Gasteiger partial charge in [-0.25, -0.2) is 13.8 Å². The van der Waals surface area contributed by atoms with Crippen LogP contribution in [0.25, 0.3) is 0 Å². The molecule has 0 aliphatic rings. The molecule has 0 aliphatic heterocycles. The maximum absolute atomic E-state index is 12.5. The summed E-state index contributed by atoms with van der Waals surface area (Å²) in [5, 5.41) is 3.89. The molecule has 2 aromatic rings. The predicted octanol–water partition coefficient (Wildman–Crippen LogP) is 2.89. The minimum atomic E-state index is -3.72. The van der Waals surface area contributed by atoms with Crippen LogP contribution in [0.1, 0.15) is 36.5 Å². The first-order valence-electron chi connectivity index (χ1n) is 8.65. The smallest absolute Gasteiger partial charge is 0.255 e. The van der Waals surface area contributed by atoms with E-state index in [4.69, 9.17) is 0 Å². The van der Waals surface area contributed by atoms with E-state index in [2.05, 4.69) is 24.4 Å². The van der Waals surface area contributed by atoms with Crippen LogP contribution < -0.4 is 5.43 Å². The van der Waals surface area contributed by atoms with Crippen molar-refractivity contribution in [2.75, 3.05) is 13.6 Å². The van der Waals surface area contributed by atoms with E-state index in [-0.39, 0.29) is 11.4 Å². The Morgan fingerprint density at radius 3 is 2.26 bits per heavy atom. The summed E-state index contributed by atoms with van der Waals surface area (Å²) >= 11 is 0. The number of aryl methyl sites for hydroxylation is 1. The molecule has 0 radical (unpaired) electrons. The molecule has 0 bridgehead atoms. The lowest BCUT2D eigenvalue weighted by Gasteiger charge is -2.16. The van der Waals surface area contributed by atoms with Crippen molar-refractivity contribution in [2.24, 2.45) is 5.10 Å². The van der Waals surface area contributed by atoms with Crippen molar-refractivity contribution >= 4 is 22.1 Å². The van der Waals surface area contributed by atoms with Gasteiger partial charge in [-0.3, -0.25) is 4.79 Å². The lowest BCUT2D eigenvalue weighted by molar-refractivity contribution is -0.121. The Morgan fingerprint density at radius 2 is 1.70 bits per heavy atom. The number of carbonyl (C=O) groups excluding carboxylic acids is 1. The van der Waals surface area contributed by atoms with Crippen LogP contribution in [0.4, 0.5) is 0 Å². The highest BCUT2D eigenvalue weighted by molar-refractivity contribution is 7.89. The Morgan fingerprint density at radius 1 is 1.11 bits per heavy atom. The van der Waals surface area contributed by atoms with Crippen LogP contribution >= 0.6 is 0 Å². The SMILES string of the molecule is Cc1ccc(S(=O)(=O)N(C)CC(=O)NN=Cc2ccc(C(C)C)cc2)cc1. The fourth-order valence-electron chi connectivity index (χ4n) is 2.36. The second kappa shape index (κ2) is 8.92. The molecule has 0 aromatic heterocycles. The number of nitrogens with one attached hydrogen (secondary N) is 1. The Balaban J connectivity index is 1.93. The van der Waals surface area contributed by atoms with Gasteiger partial charge < -0.3 is 0 Å². The van der Waals surface area contributed by atoms with Crippen LogP contribution in [0.3, 0.4) is 0 Å². The van der Waals surface area contributed by atoms with E-state index < -0.39 is 15.9 Å². The van der Waals surface area contributed by atoms with E-state index in [0.717, 1.165) is 15.4 Å². The zero-order valence-corrected chi connectivity index (χ0v) is 16.8. The molecule has 27 heavy (non-hydrogen) atoms. The van der Waals surface area contributed by atoms with Crippen LogP contribution in [0.2, 0.25) is 0 Å². The number of rotatable bonds is 7. The van der Waals surface area contributed by atoms with Gasteiger partial charge in [0.05, 0.1) is 17.7 Å². The summed E-state index contributed by atoms with van der Waals surface area (Å²) in [5.41, 5.74) is 5.39. The van der Waals surface area contributed by atoms with Gasteiger partial charge in [0.15, 0.2) is 0 Å². The Bertz CT molecular complexity index is 902. The monoisotopic (exact) mass is 387 g/mol. The van der Waals surface area contributed by atoms with Gasteiger partial charge in [0.1, 0.15) is 0 Å². The van der Waals surface area contributed by atoms with E-state index >= 15 is 0 Å². The summed E-state index contributed by atoms with van der Waals surface area (Å²) in [7, 11) is -2.36. The third-order valence-electron chi connectivity index (χ3n) is 4.10. The predicted molar refractivity (Wildman–Crippen MR) is 107 cm³/mol. The number of hydrogen-bond acceptors (Lipinski definition) is 4. The number of hydrazone groups is 1. The molecule has 0 saturated carbocycles. The molecule has 0 fully saturated rings. The van der Waals surface area contributed by atoms with Gasteiger partial charge in [0, 0.05) is 7.05 Å². The molecule has 1 amide bonds. The number of sulfonamides is 1. The average molecular weight is 388 g/mol. The topological polar surface area (TPSA) is 78.8 Å². The molecular weight excluding hydrogens is 362 g/mol. The summed E-state index contributed by atoms with van der Waals surface area (Å²) < 4.78 is 25.9. The molecule has 0 heterocycles. The Labute approximate surface area is 161 Å². The highest BCUT2D eigenvalue weighted by atomic mass is 32.2. The number of amides is 1. The summed E-state index contributed by atoms with van der Waals surface area (Å²) in [5.74, 6) is -0.0649. The van der Waals surface area contributed by atoms with Crippen molar-refractivity contribution in [2.45, 2.75) is 31.6 Å². The number of nitrogens with zero attached hydrogens (tertiary/aromatic N) is 2. The lowest BCUT2D eigenvalue weighted by atomic mass is 10.0. The first-order valence-corrected chi connectivity index (χ1v) is 10.1. The number of likely N-dealkylation sites (N-methyl/N-ethyl adjacent to an activating group) is 1. The zero-order valence-electron chi connectivity index (χ0n) is 16.0. The summed E-state index contributed by atoms with van der Waals surface area (Å²) in [6.07, 6.45) is 1.52. The van der Waals surface area contributed by atoms with Gasteiger partial charge in [-0.15, -0.1) is 0 Å². The van der Waals surface area contributed by atoms with Crippen LogP contribution in [-0.4, -0.2) is 38.4 Å². The van der Waals surface area contributed by atoms with Crippen molar-refractivity contribution in [1.82, 2.24) is 9.73 Å². The second-order valence-corrected chi connectivity index (χ2v) is 8.73. The molecule has 0 atom stereocenters. The fraction of sp³-hybridized carbons (Fsp3) is 0.300. The third kappa shape index (κ3) is 5.74. The quantitative estimate of drug-likeness (QED) is 0.586. The van der Waals surface area contributed by atoms with Gasteiger partial charge in [-0.2, -0.15) is 9.41 Å². The molecule has 144 valence electrons. The molecular formula is C20H25N3O3S. The minimum absolute atomic E-state index is 0.150. The van der Waals surface area contributed by atoms with E-state index in [1.165, 1.54) is 31.0 Å². The highest BCUT2D eigenvalue weighted by Gasteiger charge is 2.22. The largest absolute Gasteiger partial charge is 0.272 e. The molecule has 6 nitrogen and oxygen atoms in total.